The molecule has 0 spiro atoms. The topological polar surface area (TPSA) is 188 Å². The first-order chi connectivity index (χ1) is 15.6. The second kappa shape index (κ2) is 14.9. The number of amides is 3. The minimum Gasteiger partial charge on any atom is -0.481 e. The third kappa shape index (κ3) is 11.3. The van der Waals surface area contributed by atoms with Gasteiger partial charge in [0, 0.05) is 12.8 Å². The number of hydrogen-bond donors (Lipinski definition) is 6. The van der Waals surface area contributed by atoms with Gasteiger partial charge in [0.2, 0.25) is 17.7 Å². The number of carbonyl (C=O) groups is 5. The maximum absolute atomic E-state index is 13.0. The van der Waals surface area contributed by atoms with Crippen LogP contribution >= 0.6 is 11.8 Å². The van der Waals surface area contributed by atoms with Crippen molar-refractivity contribution in [1.82, 2.24) is 16.0 Å². The molecule has 0 aliphatic heterocycles. The van der Waals surface area contributed by atoms with E-state index in [0.717, 1.165) is 5.56 Å². The quantitative estimate of drug-likeness (QED) is 0.189. The molecule has 3 atom stereocenters. The summed E-state index contributed by atoms with van der Waals surface area (Å²) in [5, 5.41) is 25.0. The summed E-state index contributed by atoms with van der Waals surface area (Å²) in [6, 6.07) is 5.66. The molecule has 0 heterocycles. The molecular weight excluding hydrogens is 452 g/mol. The molecule has 12 heteroatoms. The van der Waals surface area contributed by atoms with Crippen molar-refractivity contribution in [2.75, 3.05) is 18.6 Å². The highest BCUT2D eigenvalue weighted by Crippen LogP contribution is 2.07. The molecule has 7 N–H and O–H groups in total. The van der Waals surface area contributed by atoms with E-state index >= 15 is 0 Å². The Morgan fingerprint density at radius 3 is 2.12 bits per heavy atom. The van der Waals surface area contributed by atoms with Crippen molar-refractivity contribution in [2.24, 2.45) is 5.73 Å². The summed E-state index contributed by atoms with van der Waals surface area (Å²) < 4.78 is 0. The number of hydrogen-bond acceptors (Lipinski definition) is 7. The molecular formula is C21H30N4O7S. The average Bonchev–Trinajstić information content (AvgIpc) is 2.78. The van der Waals surface area contributed by atoms with Gasteiger partial charge in [0.05, 0.1) is 6.04 Å². The third-order valence-electron chi connectivity index (χ3n) is 4.58. The Balaban J connectivity index is 2.93. The number of nitrogens with one attached hydrogen (secondary N) is 3. The van der Waals surface area contributed by atoms with Crippen LogP contribution in [0.25, 0.3) is 0 Å². The van der Waals surface area contributed by atoms with Gasteiger partial charge in [0.15, 0.2) is 0 Å². The molecule has 1 rings (SSSR count). The first-order valence-corrected chi connectivity index (χ1v) is 11.6. The van der Waals surface area contributed by atoms with Crippen LogP contribution in [-0.4, -0.2) is 76.6 Å². The highest BCUT2D eigenvalue weighted by molar-refractivity contribution is 7.98. The summed E-state index contributed by atoms with van der Waals surface area (Å²) in [7, 11) is 0. The number of carbonyl (C=O) groups excluding carboxylic acids is 3. The Bertz CT molecular complexity index is 822. The molecule has 33 heavy (non-hydrogen) atoms. The summed E-state index contributed by atoms with van der Waals surface area (Å²) in [6.07, 6.45) is 1.80. The highest BCUT2D eigenvalue weighted by atomic mass is 32.2. The first kappa shape index (κ1) is 27.9. The number of rotatable bonds is 15. The van der Waals surface area contributed by atoms with Gasteiger partial charge in [-0.1, -0.05) is 30.3 Å². The summed E-state index contributed by atoms with van der Waals surface area (Å²) in [5.41, 5.74) is 6.47. The van der Waals surface area contributed by atoms with Crippen molar-refractivity contribution in [2.45, 2.75) is 43.8 Å². The van der Waals surface area contributed by atoms with E-state index in [1.54, 1.807) is 30.3 Å². The Kier molecular flexibility index (Phi) is 12.6. The third-order valence-corrected chi connectivity index (χ3v) is 5.22. The van der Waals surface area contributed by atoms with Gasteiger partial charge >= 0.3 is 11.9 Å². The van der Waals surface area contributed by atoms with Crippen LogP contribution in [0, 0.1) is 0 Å². The van der Waals surface area contributed by atoms with Crippen LogP contribution in [0.4, 0.5) is 0 Å². The average molecular weight is 483 g/mol. The lowest BCUT2D eigenvalue weighted by Gasteiger charge is -2.24. The van der Waals surface area contributed by atoms with Crippen molar-refractivity contribution in [3.05, 3.63) is 35.9 Å². The van der Waals surface area contributed by atoms with E-state index in [2.05, 4.69) is 16.0 Å². The molecule has 1 aromatic rings. The Morgan fingerprint density at radius 2 is 1.55 bits per heavy atom. The number of thioether (sulfide) groups is 1. The van der Waals surface area contributed by atoms with Gasteiger partial charge in [0.25, 0.3) is 0 Å². The van der Waals surface area contributed by atoms with Crippen molar-refractivity contribution in [1.29, 1.82) is 0 Å². The Morgan fingerprint density at radius 1 is 0.909 bits per heavy atom. The second-order valence-corrected chi connectivity index (χ2v) is 8.23. The zero-order valence-corrected chi connectivity index (χ0v) is 19.1. The van der Waals surface area contributed by atoms with E-state index in [1.807, 2.05) is 6.26 Å². The monoisotopic (exact) mass is 482 g/mol. The lowest BCUT2D eigenvalue weighted by molar-refractivity contribution is -0.139. The largest absolute Gasteiger partial charge is 0.481 e. The maximum Gasteiger partial charge on any atom is 0.322 e. The van der Waals surface area contributed by atoms with Crippen molar-refractivity contribution >= 4 is 41.4 Å². The molecule has 1 aromatic carbocycles. The van der Waals surface area contributed by atoms with E-state index in [9.17, 15) is 24.0 Å². The van der Waals surface area contributed by atoms with Gasteiger partial charge in [-0.15, -0.1) is 0 Å². The molecule has 0 saturated heterocycles. The molecule has 0 aliphatic rings. The lowest BCUT2D eigenvalue weighted by atomic mass is 10.0. The van der Waals surface area contributed by atoms with Gasteiger partial charge in [-0.05, 0) is 30.4 Å². The highest BCUT2D eigenvalue weighted by Gasteiger charge is 2.28. The van der Waals surface area contributed by atoms with Crippen molar-refractivity contribution in [3.8, 4) is 0 Å². The van der Waals surface area contributed by atoms with E-state index in [1.165, 1.54) is 11.8 Å². The fourth-order valence-electron chi connectivity index (χ4n) is 2.81. The van der Waals surface area contributed by atoms with Crippen molar-refractivity contribution < 1.29 is 34.2 Å². The summed E-state index contributed by atoms with van der Waals surface area (Å²) in [5.74, 6) is -3.78. The maximum atomic E-state index is 13.0. The molecule has 182 valence electrons. The predicted molar refractivity (Wildman–Crippen MR) is 122 cm³/mol. The number of carboxylic acid groups (broad SMARTS) is 2. The molecule has 0 saturated carbocycles. The summed E-state index contributed by atoms with van der Waals surface area (Å²) in [6.45, 7) is -0.606. The van der Waals surface area contributed by atoms with E-state index in [0.29, 0.717) is 5.75 Å². The van der Waals surface area contributed by atoms with Crippen LogP contribution < -0.4 is 21.7 Å². The van der Waals surface area contributed by atoms with Crippen LogP contribution in [0.1, 0.15) is 24.8 Å². The molecule has 0 radical (unpaired) electrons. The number of nitrogens with two attached hydrogens (primary N) is 1. The number of benzene rings is 1. The number of aliphatic carboxylic acids is 2. The minimum absolute atomic E-state index is 0.0910. The second-order valence-electron chi connectivity index (χ2n) is 7.24. The van der Waals surface area contributed by atoms with Gasteiger partial charge in [0.1, 0.15) is 18.6 Å². The van der Waals surface area contributed by atoms with E-state index in [4.69, 9.17) is 15.9 Å². The van der Waals surface area contributed by atoms with Crippen LogP contribution in [-0.2, 0) is 30.4 Å². The fraction of sp³-hybridized carbons (Fsp3) is 0.476. The molecule has 0 aliphatic carbocycles. The standard InChI is InChI=1S/C21H30N4O7S/c1-33-10-9-15(24-19(30)14(22)7-8-17(26)27)21(32)25-16(20(31)23-12-18(28)29)11-13-5-3-2-4-6-13/h2-6,14-16H,7-12,22H2,1H3,(H,23,31)(H,24,30)(H,25,32)(H,26,27)(H,28,29). The van der Waals surface area contributed by atoms with Crippen LogP contribution in [0.15, 0.2) is 30.3 Å². The molecule has 0 aromatic heterocycles. The zero-order chi connectivity index (χ0) is 24.8. The van der Waals surface area contributed by atoms with Crippen LogP contribution in [0.2, 0.25) is 0 Å². The van der Waals surface area contributed by atoms with E-state index in [-0.39, 0.29) is 25.7 Å². The minimum atomic E-state index is -1.23. The van der Waals surface area contributed by atoms with E-state index < -0.39 is 54.3 Å². The van der Waals surface area contributed by atoms with Gasteiger partial charge in [-0.25, -0.2) is 0 Å². The van der Waals surface area contributed by atoms with Crippen molar-refractivity contribution in [3.63, 3.8) is 0 Å². The molecule has 3 amide bonds. The van der Waals surface area contributed by atoms with Crippen LogP contribution in [0.5, 0.6) is 0 Å². The lowest BCUT2D eigenvalue weighted by Crippen LogP contribution is -2.56. The van der Waals surface area contributed by atoms with Crippen LogP contribution in [0.3, 0.4) is 0 Å². The molecule has 11 nitrogen and oxygen atoms in total. The Labute approximate surface area is 195 Å². The Hall–Kier alpha value is -3.12. The van der Waals surface area contributed by atoms with Gasteiger partial charge in [-0.2, -0.15) is 11.8 Å². The van der Waals surface area contributed by atoms with Gasteiger partial charge < -0.3 is 31.9 Å². The smallest absolute Gasteiger partial charge is 0.322 e. The fourth-order valence-corrected chi connectivity index (χ4v) is 3.28. The summed E-state index contributed by atoms with van der Waals surface area (Å²) >= 11 is 1.45. The predicted octanol–water partition coefficient (Wildman–Crippen LogP) is -0.655. The SMILES string of the molecule is CSCCC(NC(=O)C(N)CCC(=O)O)C(=O)NC(Cc1ccccc1)C(=O)NCC(=O)O. The zero-order valence-electron chi connectivity index (χ0n) is 18.3. The number of carboxylic acids is 2. The first-order valence-electron chi connectivity index (χ1n) is 10.2. The summed E-state index contributed by atoms with van der Waals surface area (Å²) in [4.78, 5) is 59.4. The van der Waals surface area contributed by atoms with Gasteiger partial charge in [-0.3, -0.25) is 24.0 Å². The molecule has 0 bridgehead atoms. The molecule has 3 unspecified atom stereocenters. The normalized spacial score (nSPS) is 13.3. The molecule has 0 fully saturated rings.